The number of benzene rings is 3. The standard InChI is InChI=1S/C55H74O8/c1-8-11-12-16-41-19-21-43(22-20-41)44-23-25-45(26-24-44)46-27-28-50(42(10-3)34-46)49-35-47(17-13-31-60-52(56)39(4)5)51(48(36-49)18-14-32-61-53(57)40(6)7)59-33-15-30-55(29-9-2)37-62-54(58)63-38-55/h23-28,34-36,41,43H,4,6,8-22,29-33,37-38H2,1-3,5,7H3. The van der Waals surface area contributed by atoms with E-state index in [1.807, 2.05) is 0 Å². The highest BCUT2D eigenvalue weighted by molar-refractivity contribution is 5.87. The molecule has 0 aromatic heterocycles. The van der Waals surface area contributed by atoms with Crippen LogP contribution < -0.4 is 4.74 Å². The van der Waals surface area contributed by atoms with E-state index in [0.29, 0.717) is 62.6 Å². The normalized spacial score (nSPS) is 17.0. The lowest BCUT2D eigenvalue weighted by molar-refractivity contribution is -0.139. The smallest absolute Gasteiger partial charge is 0.493 e. The fourth-order valence-corrected chi connectivity index (χ4v) is 9.40. The Balaban J connectivity index is 1.40. The summed E-state index contributed by atoms with van der Waals surface area (Å²) in [5, 5.41) is 0. The number of aryl methyl sites for hydroxylation is 3. The fourth-order valence-electron chi connectivity index (χ4n) is 9.40. The summed E-state index contributed by atoms with van der Waals surface area (Å²) in [6.45, 7) is 19.1. The predicted molar refractivity (Wildman–Crippen MR) is 253 cm³/mol. The van der Waals surface area contributed by atoms with Crippen molar-refractivity contribution in [1.82, 2.24) is 0 Å². The molecule has 2 aliphatic rings. The van der Waals surface area contributed by atoms with Crippen LogP contribution in [0.4, 0.5) is 4.79 Å². The van der Waals surface area contributed by atoms with E-state index in [1.54, 1.807) is 13.8 Å². The summed E-state index contributed by atoms with van der Waals surface area (Å²) < 4.78 is 28.4. The molecule has 0 amide bonds. The van der Waals surface area contributed by atoms with Gasteiger partial charge in [0.2, 0.25) is 0 Å². The van der Waals surface area contributed by atoms with Crippen LogP contribution in [0, 0.1) is 11.3 Å². The maximum Gasteiger partial charge on any atom is 0.508 e. The van der Waals surface area contributed by atoms with Gasteiger partial charge in [0.1, 0.15) is 19.0 Å². The zero-order chi connectivity index (χ0) is 45.2. The maximum absolute atomic E-state index is 12.3. The Hall–Kier alpha value is -4.85. The van der Waals surface area contributed by atoms with E-state index >= 15 is 0 Å². The molecule has 8 heteroatoms. The van der Waals surface area contributed by atoms with Crippen molar-refractivity contribution >= 4 is 18.1 Å². The minimum atomic E-state index is -0.606. The van der Waals surface area contributed by atoms with Crippen LogP contribution in [0.2, 0.25) is 0 Å². The largest absolute Gasteiger partial charge is 0.508 e. The van der Waals surface area contributed by atoms with Crippen LogP contribution >= 0.6 is 0 Å². The fraction of sp³-hybridized carbons (Fsp3) is 0.545. The highest BCUT2D eigenvalue weighted by Gasteiger charge is 2.36. The number of carbonyl (C=O) groups is 3. The van der Waals surface area contributed by atoms with Crippen molar-refractivity contribution in [2.45, 2.75) is 150 Å². The Morgan fingerprint density at radius 2 is 1.25 bits per heavy atom. The molecule has 1 saturated carbocycles. The van der Waals surface area contributed by atoms with Crippen molar-refractivity contribution in [3.05, 3.63) is 101 Å². The second kappa shape index (κ2) is 24.9. The zero-order valence-corrected chi connectivity index (χ0v) is 39.1. The van der Waals surface area contributed by atoms with E-state index in [0.717, 1.165) is 60.5 Å². The Labute approximate surface area is 378 Å². The van der Waals surface area contributed by atoms with Gasteiger partial charge < -0.3 is 23.7 Å². The van der Waals surface area contributed by atoms with Crippen LogP contribution in [0.15, 0.2) is 78.9 Å². The molecule has 1 aliphatic carbocycles. The summed E-state index contributed by atoms with van der Waals surface area (Å²) in [7, 11) is 0. The molecule has 0 N–H and O–H groups in total. The average Bonchev–Trinajstić information content (AvgIpc) is 3.29. The average molecular weight is 863 g/mol. The summed E-state index contributed by atoms with van der Waals surface area (Å²) in [6.07, 6.45) is 16.8. The molecule has 8 nitrogen and oxygen atoms in total. The lowest BCUT2D eigenvalue weighted by atomic mass is 9.77. The first-order chi connectivity index (χ1) is 30.4. The van der Waals surface area contributed by atoms with Crippen molar-refractivity contribution in [3.8, 4) is 28.0 Å². The van der Waals surface area contributed by atoms with E-state index in [4.69, 9.17) is 23.7 Å². The number of ether oxygens (including phenoxy) is 5. The van der Waals surface area contributed by atoms with Gasteiger partial charge in [-0.1, -0.05) is 108 Å². The lowest BCUT2D eigenvalue weighted by Crippen LogP contribution is -2.39. The van der Waals surface area contributed by atoms with E-state index in [-0.39, 0.29) is 18.6 Å². The Morgan fingerprint density at radius 1 is 0.667 bits per heavy atom. The third-order valence-corrected chi connectivity index (χ3v) is 13.0. The van der Waals surface area contributed by atoms with Crippen LogP contribution in [0.5, 0.6) is 5.75 Å². The van der Waals surface area contributed by atoms with Crippen LogP contribution in [0.3, 0.4) is 0 Å². The third-order valence-electron chi connectivity index (χ3n) is 13.0. The minimum Gasteiger partial charge on any atom is -0.493 e. The van der Waals surface area contributed by atoms with Gasteiger partial charge in [-0.2, -0.15) is 0 Å². The molecule has 1 saturated heterocycles. The highest BCUT2D eigenvalue weighted by Crippen LogP contribution is 2.40. The number of esters is 2. The van der Waals surface area contributed by atoms with Gasteiger partial charge in [-0.3, -0.25) is 0 Å². The van der Waals surface area contributed by atoms with E-state index < -0.39 is 18.1 Å². The monoisotopic (exact) mass is 863 g/mol. The van der Waals surface area contributed by atoms with Crippen molar-refractivity contribution in [2.75, 3.05) is 33.0 Å². The molecular weight excluding hydrogens is 789 g/mol. The van der Waals surface area contributed by atoms with Gasteiger partial charge >= 0.3 is 18.1 Å². The molecular formula is C55H74O8. The predicted octanol–water partition coefficient (Wildman–Crippen LogP) is 13.7. The number of rotatable bonds is 25. The molecule has 63 heavy (non-hydrogen) atoms. The van der Waals surface area contributed by atoms with Crippen molar-refractivity contribution in [2.24, 2.45) is 11.3 Å². The lowest BCUT2D eigenvalue weighted by Gasteiger charge is -2.35. The van der Waals surface area contributed by atoms with Gasteiger partial charge in [0.25, 0.3) is 0 Å². The molecule has 1 heterocycles. The van der Waals surface area contributed by atoms with Gasteiger partial charge in [0.05, 0.1) is 19.8 Å². The van der Waals surface area contributed by atoms with Crippen molar-refractivity contribution in [3.63, 3.8) is 0 Å². The Morgan fingerprint density at radius 3 is 1.81 bits per heavy atom. The van der Waals surface area contributed by atoms with Crippen LogP contribution in [-0.4, -0.2) is 51.1 Å². The second-order valence-electron chi connectivity index (χ2n) is 18.3. The number of carbonyl (C=O) groups excluding carboxylic acids is 3. The van der Waals surface area contributed by atoms with Crippen LogP contribution in [-0.2, 0) is 47.8 Å². The summed E-state index contributed by atoms with van der Waals surface area (Å²) >= 11 is 0. The quantitative estimate of drug-likeness (QED) is 0.0360. The molecule has 2 fully saturated rings. The van der Waals surface area contributed by atoms with Crippen molar-refractivity contribution < 1.29 is 38.1 Å². The number of unbranched alkanes of at least 4 members (excludes halogenated alkanes) is 2. The zero-order valence-electron chi connectivity index (χ0n) is 39.1. The first kappa shape index (κ1) is 49.2. The molecule has 5 rings (SSSR count). The molecule has 0 radical (unpaired) electrons. The molecule has 342 valence electrons. The molecule has 0 atom stereocenters. The van der Waals surface area contributed by atoms with Gasteiger partial charge in [-0.25, -0.2) is 14.4 Å². The topological polar surface area (TPSA) is 97.4 Å². The van der Waals surface area contributed by atoms with E-state index in [2.05, 4.69) is 88.5 Å². The first-order valence-corrected chi connectivity index (χ1v) is 23.9. The summed E-state index contributed by atoms with van der Waals surface area (Å²) in [4.78, 5) is 36.2. The van der Waals surface area contributed by atoms with E-state index in [1.165, 1.54) is 79.2 Å². The molecule has 0 bridgehead atoms. The second-order valence-corrected chi connectivity index (χ2v) is 18.3. The molecule has 3 aromatic rings. The summed E-state index contributed by atoms with van der Waals surface area (Å²) in [5.74, 6) is 1.58. The highest BCUT2D eigenvalue weighted by atomic mass is 16.7. The van der Waals surface area contributed by atoms with Crippen LogP contribution in [0.1, 0.15) is 153 Å². The number of cyclic esters (lactones) is 2. The van der Waals surface area contributed by atoms with Crippen LogP contribution in [0.25, 0.3) is 22.3 Å². The molecule has 0 spiro atoms. The van der Waals surface area contributed by atoms with Gasteiger partial charge in [-0.05, 0) is 159 Å². The summed E-state index contributed by atoms with van der Waals surface area (Å²) in [5.41, 5.74) is 9.99. The van der Waals surface area contributed by atoms with Crippen molar-refractivity contribution in [1.29, 1.82) is 0 Å². The Kier molecular flexibility index (Phi) is 19.4. The number of hydrogen-bond donors (Lipinski definition) is 0. The minimum absolute atomic E-state index is 0.237. The Bertz CT molecular complexity index is 1920. The molecule has 0 unspecified atom stereocenters. The molecule has 1 aliphatic heterocycles. The maximum atomic E-state index is 12.3. The van der Waals surface area contributed by atoms with Gasteiger partial charge in [-0.15, -0.1) is 0 Å². The molecule has 3 aromatic carbocycles. The number of hydrogen-bond acceptors (Lipinski definition) is 8. The summed E-state index contributed by atoms with van der Waals surface area (Å²) in [6, 6.07) is 20.6. The van der Waals surface area contributed by atoms with E-state index in [9.17, 15) is 14.4 Å². The SMILES string of the molecule is C=C(C)C(=O)OCCCc1cc(-c2ccc(-c3ccc(C4CCC(CCCCC)CC4)cc3)cc2CC)cc(CCCOC(=O)C(=C)C)c1OCCCC1(CCC)COC(=O)OC1. The third kappa shape index (κ3) is 14.6. The van der Waals surface area contributed by atoms with Gasteiger partial charge in [0.15, 0.2) is 0 Å². The first-order valence-electron chi connectivity index (χ1n) is 23.9. The van der Waals surface area contributed by atoms with Gasteiger partial charge in [0, 0.05) is 16.6 Å².